The summed E-state index contributed by atoms with van der Waals surface area (Å²) in [6.07, 6.45) is -1.30. The number of amides is 1. The van der Waals surface area contributed by atoms with E-state index in [-0.39, 0.29) is 22.9 Å². The highest BCUT2D eigenvalue weighted by atomic mass is 35.5. The average molecular weight is 466 g/mol. The second-order valence-corrected chi connectivity index (χ2v) is 7.34. The molecule has 0 fully saturated rings. The first kappa shape index (κ1) is 21.9. The van der Waals surface area contributed by atoms with Gasteiger partial charge >= 0.3 is 5.97 Å². The summed E-state index contributed by atoms with van der Waals surface area (Å²) in [7, 11) is 0. The molecule has 1 heterocycles. The van der Waals surface area contributed by atoms with Crippen LogP contribution in [0.1, 0.15) is 11.7 Å². The van der Waals surface area contributed by atoms with Crippen LogP contribution in [0.15, 0.2) is 72.8 Å². The molecule has 4 rings (SSSR count). The van der Waals surface area contributed by atoms with Gasteiger partial charge in [0.25, 0.3) is 11.6 Å². The number of carbonyl (C=O) groups excluding carboxylic acids is 2. The minimum Gasteiger partial charge on any atom is -0.446 e. The number of nitrogens with one attached hydrogen (secondary N) is 1. The quantitative estimate of drug-likeness (QED) is 0.249. The average Bonchev–Trinajstić information content (AvgIpc) is 3.22. The van der Waals surface area contributed by atoms with E-state index in [9.17, 15) is 19.7 Å². The maximum absolute atomic E-state index is 13.0. The summed E-state index contributed by atoms with van der Waals surface area (Å²) in [5.41, 5.74) is 1.46. The van der Waals surface area contributed by atoms with Gasteiger partial charge in [-0.3, -0.25) is 19.7 Å². The Hall–Kier alpha value is -4.31. The zero-order valence-corrected chi connectivity index (χ0v) is 17.7. The van der Waals surface area contributed by atoms with Gasteiger partial charge in [0.2, 0.25) is 6.10 Å². The first-order valence-corrected chi connectivity index (χ1v) is 10.1. The number of ether oxygens (including phenoxy) is 1. The summed E-state index contributed by atoms with van der Waals surface area (Å²) in [6.45, 7) is -0.260. The molecule has 11 heteroatoms. The molecule has 33 heavy (non-hydrogen) atoms. The van der Waals surface area contributed by atoms with E-state index in [0.717, 1.165) is 6.07 Å². The predicted octanol–water partition coefficient (Wildman–Crippen LogP) is 3.92. The number of hydrogen-bond donors (Lipinski definition) is 1. The van der Waals surface area contributed by atoms with Crippen molar-refractivity contribution < 1.29 is 19.2 Å². The van der Waals surface area contributed by atoms with Crippen molar-refractivity contribution in [3.63, 3.8) is 0 Å². The van der Waals surface area contributed by atoms with Gasteiger partial charge in [-0.2, -0.15) is 0 Å². The molecule has 1 unspecified atom stereocenters. The zero-order chi connectivity index (χ0) is 23.4. The van der Waals surface area contributed by atoms with Gasteiger partial charge in [-0.15, -0.1) is 5.10 Å². The van der Waals surface area contributed by atoms with E-state index in [1.807, 2.05) is 0 Å². The summed E-state index contributed by atoms with van der Waals surface area (Å²) >= 11 is 5.83. The Bertz CT molecular complexity index is 1340. The van der Waals surface area contributed by atoms with E-state index in [1.165, 1.54) is 16.8 Å². The fraction of sp³-hybridized carbons (Fsp3) is 0.0909. The predicted molar refractivity (Wildman–Crippen MR) is 120 cm³/mol. The van der Waals surface area contributed by atoms with Crippen molar-refractivity contribution in [3.05, 3.63) is 93.5 Å². The van der Waals surface area contributed by atoms with Crippen molar-refractivity contribution >= 4 is 45.9 Å². The van der Waals surface area contributed by atoms with Crippen LogP contribution in [0, 0.1) is 10.1 Å². The van der Waals surface area contributed by atoms with Gasteiger partial charge in [0.15, 0.2) is 0 Å². The van der Waals surface area contributed by atoms with E-state index in [1.54, 1.807) is 54.6 Å². The smallest absolute Gasteiger partial charge is 0.328 e. The molecule has 0 saturated heterocycles. The molecule has 1 aromatic heterocycles. The highest BCUT2D eigenvalue weighted by molar-refractivity contribution is 6.32. The standard InChI is InChI=1S/C22H16ClN5O5/c23-16-11-10-15(12-19(16)28(31)32)24-22(30)21(14-6-2-1-3-7-14)33-20(29)13-27-18-9-5-4-8-17(18)25-26-27/h1-12,21H,13H2,(H,24,30). The van der Waals surface area contributed by atoms with Crippen LogP contribution < -0.4 is 5.32 Å². The van der Waals surface area contributed by atoms with E-state index in [4.69, 9.17) is 16.3 Å². The number of esters is 1. The number of para-hydroxylation sites is 1. The van der Waals surface area contributed by atoms with E-state index in [2.05, 4.69) is 15.6 Å². The molecule has 0 aliphatic heterocycles. The molecule has 10 nitrogen and oxygen atoms in total. The summed E-state index contributed by atoms with van der Waals surface area (Å²) in [5.74, 6) is -1.40. The second kappa shape index (κ2) is 9.45. The van der Waals surface area contributed by atoms with E-state index in [0.29, 0.717) is 16.6 Å². The van der Waals surface area contributed by atoms with Crippen molar-refractivity contribution in [2.45, 2.75) is 12.6 Å². The van der Waals surface area contributed by atoms with Gasteiger partial charge in [0.05, 0.1) is 10.4 Å². The molecule has 3 aromatic carbocycles. The highest BCUT2D eigenvalue weighted by Crippen LogP contribution is 2.28. The normalized spacial score (nSPS) is 11.7. The Kier molecular flexibility index (Phi) is 6.27. The zero-order valence-electron chi connectivity index (χ0n) is 16.9. The van der Waals surface area contributed by atoms with Crippen LogP contribution in [0.5, 0.6) is 0 Å². The number of nitro benzene ring substituents is 1. The van der Waals surface area contributed by atoms with Crippen LogP contribution in [-0.4, -0.2) is 31.8 Å². The maximum atomic E-state index is 13.0. The molecule has 0 spiro atoms. The van der Waals surface area contributed by atoms with Crippen LogP contribution >= 0.6 is 11.6 Å². The number of nitrogens with zero attached hydrogens (tertiary/aromatic N) is 4. The summed E-state index contributed by atoms with van der Waals surface area (Å²) in [6, 6.07) is 19.4. The molecular formula is C22H16ClN5O5. The van der Waals surface area contributed by atoms with E-state index >= 15 is 0 Å². The number of hydrogen-bond acceptors (Lipinski definition) is 7. The number of rotatable bonds is 7. The third-order valence-electron chi connectivity index (χ3n) is 4.70. The molecule has 0 bridgehead atoms. The van der Waals surface area contributed by atoms with Gasteiger partial charge in [0.1, 0.15) is 17.1 Å². The lowest BCUT2D eigenvalue weighted by molar-refractivity contribution is -0.384. The number of nitro groups is 1. The molecule has 0 saturated carbocycles. The van der Waals surface area contributed by atoms with Crippen molar-refractivity contribution in [3.8, 4) is 0 Å². The highest BCUT2D eigenvalue weighted by Gasteiger charge is 2.26. The Balaban J connectivity index is 1.55. The molecular weight excluding hydrogens is 450 g/mol. The lowest BCUT2D eigenvalue weighted by atomic mass is 10.1. The number of fused-ring (bicyclic) bond motifs is 1. The minimum absolute atomic E-state index is 0.0657. The second-order valence-electron chi connectivity index (χ2n) is 6.93. The van der Waals surface area contributed by atoms with E-state index < -0.39 is 22.9 Å². The lowest BCUT2D eigenvalue weighted by Gasteiger charge is -2.18. The fourth-order valence-electron chi connectivity index (χ4n) is 3.16. The molecule has 166 valence electrons. The number of carbonyl (C=O) groups is 2. The van der Waals surface area contributed by atoms with Crippen LogP contribution in [-0.2, 0) is 20.9 Å². The Morgan fingerprint density at radius 2 is 1.82 bits per heavy atom. The molecule has 0 radical (unpaired) electrons. The number of benzene rings is 3. The Morgan fingerprint density at radius 3 is 2.58 bits per heavy atom. The van der Waals surface area contributed by atoms with Gasteiger partial charge < -0.3 is 10.1 Å². The first-order chi connectivity index (χ1) is 15.9. The third-order valence-corrected chi connectivity index (χ3v) is 5.02. The number of aromatic nitrogens is 3. The molecule has 1 N–H and O–H groups in total. The number of anilines is 1. The summed E-state index contributed by atoms with van der Waals surface area (Å²) < 4.78 is 6.87. The van der Waals surface area contributed by atoms with Crippen molar-refractivity contribution in [2.75, 3.05) is 5.32 Å². The molecule has 1 atom stereocenters. The summed E-state index contributed by atoms with van der Waals surface area (Å²) in [5, 5.41) is 21.5. The largest absolute Gasteiger partial charge is 0.446 e. The summed E-state index contributed by atoms with van der Waals surface area (Å²) in [4.78, 5) is 36.2. The monoisotopic (exact) mass is 465 g/mol. The Labute approximate surface area is 191 Å². The number of halogens is 1. The molecule has 4 aromatic rings. The minimum atomic E-state index is -1.30. The molecule has 0 aliphatic rings. The lowest BCUT2D eigenvalue weighted by Crippen LogP contribution is -2.27. The fourth-order valence-corrected chi connectivity index (χ4v) is 3.35. The van der Waals surface area contributed by atoms with Crippen LogP contribution in [0.2, 0.25) is 5.02 Å². The van der Waals surface area contributed by atoms with Crippen LogP contribution in [0.3, 0.4) is 0 Å². The SMILES string of the molecule is O=C(Cn1nnc2ccccc21)OC(C(=O)Nc1ccc(Cl)c([N+](=O)[O-])c1)c1ccccc1. The first-order valence-electron chi connectivity index (χ1n) is 9.70. The van der Waals surface area contributed by atoms with Gasteiger partial charge in [-0.25, -0.2) is 4.68 Å². The third kappa shape index (κ3) is 4.96. The van der Waals surface area contributed by atoms with Crippen molar-refractivity contribution in [2.24, 2.45) is 0 Å². The molecule has 1 amide bonds. The van der Waals surface area contributed by atoms with Crippen molar-refractivity contribution in [1.29, 1.82) is 0 Å². The van der Waals surface area contributed by atoms with Crippen LogP contribution in [0.4, 0.5) is 11.4 Å². The van der Waals surface area contributed by atoms with Crippen molar-refractivity contribution in [1.82, 2.24) is 15.0 Å². The molecule has 0 aliphatic carbocycles. The van der Waals surface area contributed by atoms with Crippen LogP contribution in [0.25, 0.3) is 11.0 Å². The maximum Gasteiger partial charge on any atom is 0.328 e. The van der Waals surface area contributed by atoms with Gasteiger partial charge in [-0.05, 0) is 24.3 Å². The van der Waals surface area contributed by atoms with Gasteiger partial charge in [-0.1, -0.05) is 59.3 Å². The van der Waals surface area contributed by atoms with Gasteiger partial charge in [0, 0.05) is 17.3 Å². The Morgan fingerprint density at radius 1 is 1.09 bits per heavy atom. The topological polar surface area (TPSA) is 129 Å².